The number of hydrogen-bond donors (Lipinski definition) is 0. The van der Waals surface area contributed by atoms with Gasteiger partial charge < -0.3 is 72.4 Å². The number of rotatable bonds is 23. The van der Waals surface area contributed by atoms with E-state index < -0.39 is 0 Å². The number of nitro groups is 1. The zero-order valence-electron chi connectivity index (χ0n) is 81.2. The van der Waals surface area contributed by atoms with Crippen molar-refractivity contribution in [2.75, 3.05) is 196 Å². The zero-order chi connectivity index (χ0) is 95.7. The van der Waals surface area contributed by atoms with Gasteiger partial charge in [0.05, 0.1) is 96.8 Å². The molecule has 0 atom stereocenters. The highest BCUT2D eigenvalue weighted by Crippen LogP contribution is 2.46. The lowest BCUT2D eigenvalue weighted by Gasteiger charge is -2.35. The summed E-state index contributed by atoms with van der Waals surface area (Å²) in [5.74, 6) is 9.29. The Morgan fingerprint density at radius 1 is 0.415 bits per heavy atom. The molecule has 135 heavy (non-hydrogen) atoms. The molecule has 0 aliphatic carbocycles. The van der Waals surface area contributed by atoms with Crippen LogP contribution in [-0.2, 0) is 103 Å². The van der Waals surface area contributed by atoms with Crippen LogP contribution >= 0.6 is 47.0 Å². The number of methoxy groups -OCH3 is 2. The minimum Gasteiger partial charge on any atom is -0.493 e. The number of likely N-dealkylation sites (N-methyl/N-ethyl adjacent to an activating group) is 4. The first-order valence-electron chi connectivity index (χ1n) is 47.5. The highest BCUT2D eigenvalue weighted by atomic mass is 32.2. The number of benzene rings is 4. The molecule has 31 heteroatoms. The molecule has 4 aromatic carbocycles. The predicted molar refractivity (Wildman–Crippen MR) is 536 cm³/mol. The molecule has 9 aliphatic rings. The molecule has 0 radical (unpaired) electrons. The predicted octanol–water partition coefficient (Wildman–Crippen LogP) is 17.1. The molecule has 4 aromatic heterocycles. The van der Waals surface area contributed by atoms with Crippen molar-refractivity contribution in [3.8, 4) is 41.5 Å². The average Bonchev–Trinajstić information content (AvgIpc) is 1.08. The quantitative estimate of drug-likeness (QED) is 0.0327. The van der Waals surface area contributed by atoms with Crippen LogP contribution in [0.2, 0.25) is 0 Å². The first-order valence-corrected chi connectivity index (χ1v) is 51.4. The van der Waals surface area contributed by atoms with E-state index in [4.69, 9.17) is 53.1 Å². The van der Waals surface area contributed by atoms with Crippen molar-refractivity contribution in [1.82, 2.24) is 39.5 Å². The minimum atomic E-state index is -0.371. The molecule has 26 nitrogen and oxygen atoms in total. The van der Waals surface area contributed by atoms with Crippen LogP contribution in [0.15, 0.2) is 105 Å². The van der Waals surface area contributed by atoms with Crippen LogP contribution < -0.4 is 33.8 Å². The van der Waals surface area contributed by atoms with Gasteiger partial charge in [0.15, 0.2) is 11.5 Å². The number of halogens is 1. The summed E-state index contributed by atoms with van der Waals surface area (Å²) in [7, 11) is 12.0. The third-order valence-corrected chi connectivity index (χ3v) is 30.5. The smallest absolute Gasteiger partial charge is 0.269 e. The normalized spacial score (nSPS) is 18.6. The summed E-state index contributed by atoms with van der Waals surface area (Å²) in [4.78, 5) is 50.0. The first-order chi connectivity index (χ1) is 64.9. The van der Waals surface area contributed by atoms with Crippen LogP contribution in [0.1, 0.15) is 176 Å². The lowest BCUT2D eigenvalue weighted by molar-refractivity contribution is -0.384. The summed E-state index contributed by atoms with van der Waals surface area (Å²) in [6.07, 6.45) is 11.2. The van der Waals surface area contributed by atoms with Crippen molar-refractivity contribution in [2.24, 2.45) is 0 Å². The molecule has 0 amide bonds. The highest BCUT2D eigenvalue weighted by molar-refractivity contribution is 8.00. The second-order valence-electron chi connectivity index (χ2n) is 38.9. The molecule has 0 spiro atoms. The maximum atomic E-state index is 14.0. The maximum absolute atomic E-state index is 14.0. The Morgan fingerprint density at radius 3 is 1.12 bits per heavy atom. The van der Waals surface area contributed by atoms with E-state index in [1.807, 2.05) is 30.3 Å². The van der Waals surface area contributed by atoms with Gasteiger partial charge in [-0.3, -0.25) is 10.1 Å². The topological polar surface area (TPSA) is 280 Å². The number of nitriles is 4. The van der Waals surface area contributed by atoms with Gasteiger partial charge in [0.2, 0.25) is 0 Å². The third-order valence-electron chi connectivity index (χ3n) is 26.6. The number of nitro benzene ring substituents is 1. The van der Waals surface area contributed by atoms with E-state index in [1.165, 1.54) is 23.3 Å². The Balaban J connectivity index is 0.000000144. The Labute approximate surface area is 814 Å². The molecular formula is C104H132FN17O9S4. The molecule has 718 valence electrons. The van der Waals surface area contributed by atoms with E-state index in [2.05, 4.69) is 171 Å². The molecule has 0 bridgehead atoms. The van der Waals surface area contributed by atoms with Crippen molar-refractivity contribution >= 4 is 76.0 Å². The second kappa shape index (κ2) is 46.3. The SMILES string of the molecule is CN1CCCN(c2nc(SCCc3ccc4c(c3)CCO4)c(C#N)c3c2COC(C)(C)C3)CC1.CN1CCCN(c2nc(SCCc3cccc([N+](=O)[O-])c3)c(C#N)c3c2COC(C)(C)C3)CC1.CN1CCCN(c2nc(SCCc3ccccc3F)c(C#N)c3c2COC(C)(C)C3)CC1.COc1ccc(CCSc2nc(N3CCCN(C)CC3)c3c(c2C#N)CC(C)(C)OC3)cc1OC. The Bertz CT molecular complexity index is 5720. The Morgan fingerprint density at radius 2 is 0.763 bits per heavy atom. The van der Waals surface area contributed by atoms with E-state index in [1.54, 1.807) is 79.5 Å². The first kappa shape index (κ1) is 101. The standard InChI is InChI=1S/C27H36N4O3S.C27H34N4O2S.C25H31FN4OS.C25H31N5O3S/c1-27(2)16-20-21(17-28)26(35-14-9-19-7-8-23(32-4)24(15-19)33-5)29-25(22(20)18-34-27)31-11-6-10-30(3)12-13-31;1-27(2)16-21-22(17-28)26(34-14-8-19-5-6-24-20(15-19)7-13-32-24)29-25(23(21)18-33-27)31-10-4-9-30(3)11-12-31;1-25(2)15-19-20(16-27)24(32-14-9-18-7-4-5-8-22(18)26)28-23(21(19)17-31-25)30-11-6-10-29(3)12-13-30;1-25(2)15-20-21(16-26)24(34-13-8-18-6-4-7-19(14-18)30(31)32)27-23(22(20)17-33-25)29-10-5-9-28(3)11-12-29/h7-8,15H,6,9-14,16,18H2,1-5H3;5-6,15H,4,7-14,16,18H2,1-3H3;4-5,7-8H,6,9-15,17H2,1-3H3;4,6-7,14H,5,8-13,15,17H2,1-3H3. The van der Waals surface area contributed by atoms with E-state index >= 15 is 0 Å². The van der Waals surface area contributed by atoms with E-state index in [0.29, 0.717) is 85.9 Å². The summed E-state index contributed by atoms with van der Waals surface area (Å²) in [5.41, 5.74) is 15.7. The van der Waals surface area contributed by atoms with Crippen LogP contribution in [0.25, 0.3) is 0 Å². The van der Waals surface area contributed by atoms with Gasteiger partial charge in [-0.1, -0.05) is 48.5 Å². The van der Waals surface area contributed by atoms with Gasteiger partial charge in [-0.25, -0.2) is 24.3 Å². The van der Waals surface area contributed by atoms with Crippen LogP contribution in [0, 0.1) is 61.3 Å². The van der Waals surface area contributed by atoms with Gasteiger partial charge in [0.25, 0.3) is 5.69 Å². The lowest BCUT2D eigenvalue weighted by Crippen LogP contribution is -2.36. The van der Waals surface area contributed by atoms with E-state index in [0.717, 1.165) is 302 Å². The van der Waals surface area contributed by atoms with E-state index in [-0.39, 0.29) is 38.8 Å². The van der Waals surface area contributed by atoms with Gasteiger partial charge in [-0.05, 0) is 235 Å². The van der Waals surface area contributed by atoms with Gasteiger partial charge in [0.1, 0.15) is 79.2 Å². The number of thioether (sulfide) groups is 4. The molecule has 0 N–H and O–H groups in total. The van der Waals surface area contributed by atoms with Crippen molar-refractivity contribution in [3.63, 3.8) is 0 Å². The number of ether oxygens (including phenoxy) is 7. The summed E-state index contributed by atoms with van der Waals surface area (Å²) >= 11 is 6.49. The molecule has 4 fully saturated rings. The van der Waals surface area contributed by atoms with Gasteiger partial charge in [0, 0.05) is 168 Å². The summed E-state index contributed by atoms with van der Waals surface area (Å²) in [6, 6.07) is 36.0. The number of pyridine rings is 4. The number of hydrogen-bond acceptors (Lipinski definition) is 29. The molecule has 0 unspecified atom stereocenters. The number of anilines is 4. The number of aryl methyl sites for hydroxylation is 4. The fraction of sp³-hybridized carbons (Fsp3) is 0.538. The fourth-order valence-electron chi connectivity index (χ4n) is 18.9. The number of aromatic nitrogens is 4. The second-order valence-corrected chi connectivity index (χ2v) is 43.2. The summed E-state index contributed by atoms with van der Waals surface area (Å²) < 4.78 is 55.1. The summed E-state index contributed by atoms with van der Waals surface area (Å²) in [5, 5.41) is 54.8. The molecule has 13 heterocycles. The van der Waals surface area contributed by atoms with Crippen molar-refractivity contribution in [3.05, 3.63) is 195 Å². The van der Waals surface area contributed by atoms with E-state index in [9.17, 15) is 35.6 Å². The van der Waals surface area contributed by atoms with Crippen molar-refractivity contribution in [2.45, 2.75) is 208 Å². The Hall–Kier alpha value is -9.55. The number of fused-ring (bicyclic) bond motifs is 5. The molecular weight excluding hydrogens is 1780 g/mol. The average molecular weight is 1910 g/mol. The van der Waals surface area contributed by atoms with Crippen LogP contribution in [0.5, 0.6) is 17.2 Å². The largest absolute Gasteiger partial charge is 0.493 e. The monoisotopic (exact) mass is 1910 g/mol. The minimum absolute atomic E-state index is 0.0998. The highest BCUT2D eigenvalue weighted by Gasteiger charge is 2.40. The van der Waals surface area contributed by atoms with Crippen LogP contribution in [-0.4, -0.2) is 244 Å². The lowest BCUT2D eigenvalue weighted by atomic mass is 9.89. The molecule has 9 aliphatic heterocycles. The van der Waals surface area contributed by atoms with Crippen molar-refractivity contribution in [1.29, 1.82) is 21.0 Å². The molecule has 0 saturated carbocycles. The fourth-order valence-corrected chi connectivity index (χ4v) is 22.8. The van der Waals surface area contributed by atoms with Crippen molar-refractivity contribution < 1.29 is 42.5 Å². The maximum Gasteiger partial charge on any atom is 0.269 e. The molecule has 8 aromatic rings. The molecule has 4 saturated heterocycles. The Kier molecular flexibility index (Phi) is 34.7. The van der Waals surface area contributed by atoms with Crippen LogP contribution in [0.3, 0.4) is 0 Å². The number of non-ortho nitro benzene ring substituents is 1. The summed E-state index contributed by atoms with van der Waals surface area (Å²) in [6.45, 7) is 35.3. The van der Waals surface area contributed by atoms with Crippen LogP contribution in [0.4, 0.5) is 33.3 Å². The number of nitrogens with zero attached hydrogens (tertiary/aromatic N) is 17. The zero-order valence-corrected chi connectivity index (χ0v) is 84.5. The molecule has 17 rings (SSSR count). The van der Waals surface area contributed by atoms with Gasteiger partial charge in [-0.15, -0.1) is 47.0 Å². The van der Waals surface area contributed by atoms with Gasteiger partial charge in [-0.2, -0.15) is 21.0 Å². The van der Waals surface area contributed by atoms with Gasteiger partial charge >= 0.3 is 0 Å². The third kappa shape index (κ3) is 26.1.